The minimum absolute atomic E-state index is 0.273. The van der Waals surface area contributed by atoms with E-state index in [4.69, 9.17) is 9.72 Å². The van der Waals surface area contributed by atoms with Crippen molar-refractivity contribution in [1.82, 2.24) is 14.9 Å². The summed E-state index contributed by atoms with van der Waals surface area (Å²) in [5.41, 5.74) is 4.38. The summed E-state index contributed by atoms with van der Waals surface area (Å²) in [7, 11) is 3.78. The minimum Gasteiger partial charge on any atom is -0.494 e. The lowest BCUT2D eigenvalue weighted by Crippen LogP contribution is -2.45. The van der Waals surface area contributed by atoms with Crippen LogP contribution in [0.1, 0.15) is 5.56 Å². The third-order valence-corrected chi connectivity index (χ3v) is 8.72. The van der Waals surface area contributed by atoms with Crippen LogP contribution < -0.4 is 30.1 Å². The molecule has 2 aliphatic heterocycles. The highest BCUT2D eigenvalue weighted by molar-refractivity contribution is 6.14. The van der Waals surface area contributed by atoms with Crippen LogP contribution in [0, 0.1) is 0 Å². The number of ether oxygens (including phenoxy) is 1. The van der Waals surface area contributed by atoms with Gasteiger partial charge in [-0.1, -0.05) is 49.0 Å². The number of aromatic nitrogens is 2. The Balaban J connectivity index is 1.27. The molecule has 0 unspecified atom stereocenters. The lowest BCUT2D eigenvalue weighted by Gasteiger charge is -2.36. The molecule has 3 amide bonds. The van der Waals surface area contributed by atoms with E-state index in [2.05, 4.69) is 45.1 Å². The van der Waals surface area contributed by atoms with Crippen LogP contribution in [0.4, 0.5) is 45.0 Å². The van der Waals surface area contributed by atoms with Crippen LogP contribution in [-0.2, 0) is 11.3 Å². The van der Waals surface area contributed by atoms with Gasteiger partial charge in [0.15, 0.2) is 5.82 Å². The van der Waals surface area contributed by atoms with Gasteiger partial charge in [0.25, 0.3) is 0 Å². The number of hydrogen-bond donors (Lipinski definition) is 2. The van der Waals surface area contributed by atoms with Gasteiger partial charge in [0.1, 0.15) is 5.75 Å². The minimum atomic E-state index is -0.351. The number of benzene rings is 4. The highest BCUT2D eigenvalue weighted by atomic mass is 16.5. The molecule has 0 spiro atoms. The second-order valence-electron chi connectivity index (χ2n) is 11.8. The van der Waals surface area contributed by atoms with Gasteiger partial charge in [-0.25, -0.2) is 14.7 Å². The first-order valence-electron chi connectivity index (χ1n) is 15.8. The van der Waals surface area contributed by atoms with E-state index >= 15 is 0 Å². The predicted octanol–water partition coefficient (Wildman–Crippen LogP) is 6.54. The van der Waals surface area contributed by atoms with Gasteiger partial charge in [0.2, 0.25) is 11.9 Å². The van der Waals surface area contributed by atoms with Crippen molar-refractivity contribution in [3.63, 3.8) is 0 Å². The van der Waals surface area contributed by atoms with Crippen molar-refractivity contribution >= 4 is 62.9 Å². The highest BCUT2D eigenvalue weighted by Gasteiger charge is 2.35. The third-order valence-electron chi connectivity index (χ3n) is 8.72. The fourth-order valence-electron chi connectivity index (χ4n) is 6.16. The van der Waals surface area contributed by atoms with E-state index in [1.165, 1.54) is 6.08 Å². The molecule has 1 aromatic heterocycles. The molecular weight excluding hydrogens is 604 g/mol. The molecule has 2 N–H and O–H groups in total. The SMILES string of the molecule is C=CC(=O)Nc1cccc(N2C(=O)N(c3cccc4ccccc34)Cc3cnc(Nc4ccc(N5CCN(C)CC5)cc4OC)nc32)c1. The molecular formula is C37H36N8O3. The number of amides is 3. The summed E-state index contributed by atoms with van der Waals surface area (Å²) in [4.78, 5) is 44.2. The third kappa shape index (κ3) is 5.98. The number of methoxy groups -OCH3 is 1. The summed E-state index contributed by atoms with van der Waals surface area (Å²) in [6.07, 6.45) is 2.95. The molecule has 0 radical (unpaired) electrons. The van der Waals surface area contributed by atoms with Gasteiger partial charge in [-0.15, -0.1) is 0 Å². The number of nitrogens with zero attached hydrogens (tertiary/aromatic N) is 6. The summed E-state index contributed by atoms with van der Waals surface area (Å²) in [5, 5.41) is 8.09. The van der Waals surface area contributed by atoms with Crippen molar-refractivity contribution in [3.8, 4) is 5.75 Å². The average Bonchev–Trinajstić information content (AvgIpc) is 3.12. The van der Waals surface area contributed by atoms with Crippen LogP contribution in [0.25, 0.3) is 10.8 Å². The van der Waals surface area contributed by atoms with Crippen molar-refractivity contribution in [2.75, 3.05) is 65.7 Å². The van der Waals surface area contributed by atoms with Crippen molar-refractivity contribution in [2.24, 2.45) is 0 Å². The number of urea groups is 1. The maximum Gasteiger partial charge on any atom is 0.335 e. The topological polar surface area (TPSA) is 106 Å². The van der Waals surface area contributed by atoms with Gasteiger partial charge in [-0.05, 0) is 54.9 Å². The Morgan fingerprint density at radius 1 is 0.938 bits per heavy atom. The van der Waals surface area contributed by atoms with Gasteiger partial charge in [0.05, 0.1) is 30.7 Å². The fraction of sp³-hybridized carbons (Fsp3) is 0.189. The van der Waals surface area contributed by atoms with E-state index in [0.717, 1.165) is 53.9 Å². The second kappa shape index (κ2) is 13.0. The Morgan fingerprint density at radius 3 is 2.54 bits per heavy atom. The van der Waals surface area contributed by atoms with E-state index < -0.39 is 0 Å². The molecule has 48 heavy (non-hydrogen) atoms. The molecule has 2 aliphatic rings. The Morgan fingerprint density at radius 2 is 1.73 bits per heavy atom. The smallest absolute Gasteiger partial charge is 0.335 e. The number of likely N-dealkylation sites (N-methyl/N-ethyl adjacent to an activating group) is 1. The summed E-state index contributed by atoms with van der Waals surface area (Å²) in [6.45, 7) is 7.71. The van der Waals surface area contributed by atoms with Crippen LogP contribution in [0.15, 0.2) is 104 Å². The molecule has 7 rings (SSSR count). The Labute approximate surface area is 279 Å². The number of nitrogens with one attached hydrogen (secondary N) is 2. The molecule has 1 fully saturated rings. The van der Waals surface area contributed by atoms with E-state index in [-0.39, 0.29) is 18.5 Å². The van der Waals surface area contributed by atoms with Gasteiger partial charge in [0, 0.05) is 60.8 Å². The zero-order valence-electron chi connectivity index (χ0n) is 26.9. The van der Waals surface area contributed by atoms with Crippen molar-refractivity contribution in [2.45, 2.75) is 6.54 Å². The number of rotatable bonds is 8. The molecule has 0 bridgehead atoms. The molecule has 11 nitrogen and oxygen atoms in total. The summed E-state index contributed by atoms with van der Waals surface area (Å²) >= 11 is 0. The van der Waals surface area contributed by atoms with Gasteiger partial charge in [-0.2, -0.15) is 4.98 Å². The first kappa shape index (κ1) is 30.7. The first-order valence-corrected chi connectivity index (χ1v) is 15.8. The largest absolute Gasteiger partial charge is 0.494 e. The van der Waals surface area contributed by atoms with Crippen LogP contribution in [0.2, 0.25) is 0 Å². The highest BCUT2D eigenvalue weighted by Crippen LogP contribution is 2.40. The summed E-state index contributed by atoms with van der Waals surface area (Å²) in [6, 6.07) is 26.7. The van der Waals surface area contributed by atoms with Crippen molar-refractivity contribution in [3.05, 3.63) is 109 Å². The first-order chi connectivity index (χ1) is 23.4. The Hall–Kier alpha value is -5.94. The van der Waals surface area contributed by atoms with Crippen LogP contribution in [0.3, 0.4) is 0 Å². The van der Waals surface area contributed by atoms with Gasteiger partial charge >= 0.3 is 6.03 Å². The molecule has 0 aliphatic carbocycles. The number of carbonyl (C=O) groups excluding carboxylic acids is 2. The van der Waals surface area contributed by atoms with E-state index in [1.807, 2.05) is 60.7 Å². The zero-order valence-corrected chi connectivity index (χ0v) is 26.9. The molecule has 242 valence electrons. The number of fused-ring (bicyclic) bond motifs is 2. The second-order valence-corrected chi connectivity index (χ2v) is 11.8. The van der Waals surface area contributed by atoms with E-state index in [9.17, 15) is 9.59 Å². The fourth-order valence-corrected chi connectivity index (χ4v) is 6.16. The van der Waals surface area contributed by atoms with Crippen LogP contribution >= 0.6 is 0 Å². The van der Waals surface area contributed by atoms with Gasteiger partial charge < -0.3 is 25.2 Å². The molecule has 5 aromatic rings. The van der Waals surface area contributed by atoms with Crippen LogP contribution in [0.5, 0.6) is 5.75 Å². The van der Waals surface area contributed by atoms with E-state index in [0.29, 0.717) is 34.6 Å². The van der Waals surface area contributed by atoms with Crippen LogP contribution in [-0.4, -0.2) is 67.1 Å². The Kier molecular flexibility index (Phi) is 8.35. The maximum atomic E-state index is 14.5. The average molecular weight is 641 g/mol. The monoisotopic (exact) mass is 640 g/mol. The molecule has 0 saturated carbocycles. The van der Waals surface area contributed by atoms with E-state index in [1.54, 1.807) is 41.3 Å². The zero-order chi connectivity index (χ0) is 33.2. The lowest BCUT2D eigenvalue weighted by atomic mass is 10.1. The predicted molar refractivity (Wildman–Crippen MR) is 191 cm³/mol. The number of anilines is 7. The maximum absolute atomic E-state index is 14.5. The molecule has 11 heteroatoms. The quantitative estimate of drug-likeness (QED) is 0.184. The number of hydrogen-bond acceptors (Lipinski definition) is 8. The van der Waals surface area contributed by atoms with Crippen molar-refractivity contribution < 1.29 is 14.3 Å². The summed E-state index contributed by atoms with van der Waals surface area (Å²) in [5.74, 6) is 1.06. The van der Waals surface area contributed by atoms with Gasteiger partial charge in [-0.3, -0.25) is 9.69 Å². The normalized spacial score (nSPS) is 14.9. The molecule has 4 aromatic carbocycles. The number of carbonyl (C=O) groups is 2. The molecule has 0 atom stereocenters. The van der Waals surface area contributed by atoms with Crippen molar-refractivity contribution in [1.29, 1.82) is 0 Å². The molecule has 3 heterocycles. The molecule has 1 saturated heterocycles. The standard InChI is InChI=1S/C37H36N8O3/c1-4-34(46)39-27-11-8-12-29(21-27)45-35-26(24-44(37(45)47)32-14-7-10-25-9-5-6-13-30(25)32)23-38-36(41-35)40-31-16-15-28(22-33(31)48-3)43-19-17-42(2)18-20-43/h4-16,21-23H,1,17-20,24H2,2-3H3,(H,39,46)(H,38,40,41). The lowest BCUT2D eigenvalue weighted by molar-refractivity contribution is -0.111. The Bertz CT molecular complexity index is 2020. The number of piperazine rings is 1. The summed E-state index contributed by atoms with van der Waals surface area (Å²) < 4.78 is 5.77.